The molecular formula is C17H19FN2O2S. The lowest BCUT2D eigenvalue weighted by Crippen LogP contribution is -2.42. The fourth-order valence-corrected chi connectivity index (χ4v) is 3.48. The van der Waals surface area contributed by atoms with E-state index >= 15 is 0 Å². The van der Waals surface area contributed by atoms with E-state index in [0.29, 0.717) is 26.1 Å². The zero-order valence-electron chi connectivity index (χ0n) is 13.0. The Morgan fingerprint density at radius 3 is 2.91 bits per heavy atom. The Kier molecular flexibility index (Phi) is 5.03. The van der Waals surface area contributed by atoms with Crippen molar-refractivity contribution in [1.29, 1.82) is 0 Å². The second-order valence-corrected chi connectivity index (χ2v) is 6.55. The lowest BCUT2D eigenvalue weighted by molar-refractivity contribution is -0.139. The first-order valence-corrected chi connectivity index (χ1v) is 8.55. The first kappa shape index (κ1) is 16.1. The van der Waals surface area contributed by atoms with Gasteiger partial charge in [0.2, 0.25) is 5.91 Å². The van der Waals surface area contributed by atoms with Crippen molar-refractivity contribution in [2.75, 3.05) is 19.7 Å². The Hall–Kier alpha value is -1.79. The average Bonchev–Trinajstić information content (AvgIpc) is 2.98. The van der Waals surface area contributed by atoms with Crippen LogP contribution in [0.15, 0.2) is 29.8 Å². The molecule has 6 heteroatoms. The van der Waals surface area contributed by atoms with Gasteiger partial charge in [0.1, 0.15) is 11.9 Å². The molecule has 0 N–H and O–H groups in total. The molecule has 1 aliphatic heterocycles. The number of nitrogens with zero attached hydrogens (tertiary/aromatic N) is 2. The van der Waals surface area contributed by atoms with Gasteiger partial charge in [-0.1, -0.05) is 12.1 Å². The number of aryl methyl sites for hydroxylation is 2. The van der Waals surface area contributed by atoms with Crippen LogP contribution in [0.5, 0.6) is 0 Å². The Bertz CT molecular complexity index is 671. The molecule has 1 amide bonds. The first-order valence-electron chi connectivity index (χ1n) is 7.67. The van der Waals surface area contributed by atoms with E-state index in [1.165, 1.54) is 17.0 Å². The van der Waals surface area contributed by atoms with Gasteiger partial charge in [-0.3, -0.25) is 4.79 Å². The highest BCUT2D eigenvalue weighted by molar-refractivity contribution is 7.09. The Morgan fingerprint density at radius 2 is 2.22 bits per heavy atom. The standard InChI is InChI=1S/C17H19FN2O2S/c1-12-16(23-11-19-12)6-7-17(21)20-8-9-22-15(10-20)13-2-4-14(18)5-3-13/h2-5,11,15H,6-10H2,1H3/t15-/m1/s1. The number of halogens is 1. The molecule has 0 bridgehead atoms. The normalized spacial score (nSPS) is 18.2. The summed E-state index contributed by atoms with van der Waals surface area (Å²) >= 11 is 1.59. The van der Waals surface area contributed by atoms with Crippen LogP contribution in [0.1, 0.15) is 28.7 Å². The van der Waals surface area contributed by atoms with Crippen molar-refractivity contribution < 1.29 is 13.9 Å². The Morgan fingerprint density at radius 1 is 1.43 bits per heavy atom. The quantitative estimate of drug-likeness (QED) is 0.863. The highest BCUT2D eigenvalue weighted by Crippen LogP contribution is 2.23. The molecule has 0 unspecified atom stereocenters. The molecule has 3 rings (SSSR count). The minimum absolute atomic E-state index is 0.133. The summed E-state index contributed by atoms with van der Waals surface area (Å²) in [4.78, 5) is 19.6. The molecule has 1 fully saturated rings. The van der Waals surface area contributed by atoms with Gasteiger partial charge in [-0.2, -0.15) is 0 Å². The van der Waals surface area contributed by atoms with Crippen molar-refractivity contribution in [2.45, 2.75) is 25.9 Å². The number of morpholine rings is 1. The maximum Gasteiger partial charge on any atom is 0.223 e. The second kappa shape index (κ2) is 7.19. The van der Waals surface area contributed by atoms with Crippen LogP contribution in [0.3, 0.4) is 0 Å². The van der Waals surface area contributed by atoms with Crippen LogP contribution >= 0.6 is 11.3 Å². The summed E-state index contributed by atoms with van der Waals surface area (Å²) in [5.74, 6) is -0.134. The van der Waals surface area contributed by atoms with Crippen molar-refractivity contribution in [3.05, 3.63) is 51.7 Å². The van der Waals surface area contributed by atoms with E-state index in [1.807, 2.05) is 17.3 Å². The summed E-state index contributed by atoms with van der Waals surface area (Å²) in [6, 6.07) is 6.28. The lowest BCUT2D eigenvalue weighted by Gasteiger charge is -2.33. The molecule has 4 nitrogen and oxygen atoms in total. The molecule has 0 radical (unpaired) electrons. The fourth-order valence-electron chi connectivity index (χ4n) is 2.70. The maximum atomic E-state index is 13.0. The first-order chi connectivity index (χ1) is 11.1. The average molecular weight is 334 g/mol. The molecule has 0 aliphatic carbocycles. The van der Waals surface area contributed by atoms with E-state index in [9.17, 15) is 9.18 Å². The molecule has 1 aliphatic rings. The number of amides is 1. The van der Waals surface area contributed by atoms with Gasteiger partial charge in [0, 0.05) is 17.8 Å². The Labute approximate surface area is 138 Å². The predicted molar refractivity (Wildman–Crippen MR) is 86.8 cm³/mol. The molecular weight excluding hydrogens is 315 g/mol. The van der Waals surface area contributed by atoms with Gasteiger partial charge in [-0.05, 0) is 31.0 Å². The third-order valence-electron chi connectivity index (χ3n) is 4.07. The summed E-state index contributed by atoms with van der Waals surface area (Å²) < 4.78 is 18.7. The number of carbonyl (C=O) groups is 1. The van der Waals surface area contributed by atoms with E-state index in [2.05, 4.69) is 4.98 Å². The smallest absolute Gasteiger partial charge is 0.223 e. The Balaban J connectivity index is 1.58. The zero-order valence-corrected chi connectivity index (χ0v) is 13.8. The van der Waals surface area contributed by atoms with E-state index < -0.39 is 0 Å². The van der Waals surface area contributed by atoms with Gasteiger partial charge >= 0.3 is 0 Å². The number of ether oxygens (including phenoxy) is 1. The molecule has 1 atom stereocenters. The van der Waals surface area contributed by atoms with Crippen LogP contribution in [0.2, 0.25) is 0 Å². The van der Waals surface area contributed by atoms with Gasteiger partial charge in [-0.25, -0.2) is 9.37 Å². The molecule has 1 aromatic heterocycles. The van der Waals surface area contributed by atoms with Gasteiger partial charge in [0.15, 0.2) is 0 Å². The molecule has 0 saturated carbocycles. The lowest BCUT2D eigenvalue weighted by atomic mass is 10.1. The number of benzene rings is 1. The van der Waals surface area contributed by atoms with Gasteiger partial charge in [0.05, 0.1) is 24.4 Å². The van der Waals surface area contributed by atoms with Crippen LogP contribution in [0, 0.1) is 12.7 Å². The van der Waals surface area contributed by atoms with E-state index in [4.69, 9.17) is 4.74 Å². The fraction of sp³-hybridized carbons (Fsp3) is 0.412. The summed E-state index contributed by atoms with van der Waals surface area (Å²) in [7, 11) is 0. The van der Waals surface area contributed by atoms with Crippen LogP contribution in [-0.2, 0) is 16.0 Å². The summed E-state index contributed by atoms with van der Waals surface area (Å²) in [6.07, 6.45) is 1.03. The van der Waals surface area contributed by atoms with Crippen molar-refractivity contribution >= 4 is 17.2 Å². The molecule has 2 heterocycles. The van der Waals surface area contributed by atoms with E-state index in [-0.39, 0.29) is 17.8 Å². The number of thiazole rings is 1. The predicted octanol–water partition coefficient (Wildman–Crippen LogP) is 3.12. The number of aromatic nitrogens is 1. The molecule has 1 saturated heterocycles. The van der Waals surface area contributed by atoms with E-state index in [1.54, 1.807) is 23.5 Å². The van der Waals surface area contributed by atoms with Gasteiger partial charge < -0.3 is 9.64 Å². The number of hydrogen-bond donors (Lipinski definition) is 0. The summed E-state index contributed by atoms with van der Waals surface area (Å²) in [5, 5.41) is 0. The molecule has 23 heavy (non-hydrogen) atoms. The van der Waals surface area contributed by atoms with Crippen molar-refractivity contribution in [3.8, 4) is 0 Å². The zero-order chi connectivity index (χ0) is 16.2. The molecule has 0 spiro atoms. The highest BCUT2D eigenvalue weighted by Gasteiger charge is 2.25. The monoisotopic (exact) mass is 334 g/mol. The highest BCUT2D eigenvalue weighted by atomic mass is 32.1. The van der Waals surface area contributed by atoms with Crippen LogP contribution < -0.4 is 0 Å². The van der Waals surface area contributed by atoms with Crippen molar-refractivity contribution in [3.63, 3.8) is 0 Å². The van der Waals surface area contributed by atoms with Gasteiger partial charge in [-0.15, -0.1) is 11.3 Å². The van der Waals surface area contributed by atoms with Crippen molar-refractivity contribution in [1.82, 2.24) is 9.88 Å². The SMILES string of the molecule is Cc1ncsc1CCC(=O)N1CCO[C@@H](c2ccc(F)cc2)C1. The largest absolute Gasteiger partial charge is 0.370 e. The van der Waals surface area contributed by atoms with Crippen LogP contribution in [0.25, 0.3) is 0 Å². The van der Waals surface area contributed by atoms with Crippen molar-refractivity contribution in [2.24, 2.45) is 0 Å². The third-order valence-corrected chi connectivity index (χ3v) is 5.07. The van der Waals surface area contributed by atoms with Crippen LogP contribution in [-0.4, -0.2) is 35.5 Å². The summed E-state index contributed by atoms with van der Waals surface area (Å²) in [6.45, 7) is 3.60. The molecule has 2 aromatic rings. The maximum absolute atomic E-state index is 13.0. The van der Waals surface area contributed by atoms with E-state index in [0.717, 1.165) is 17.7 Å². The van der Waals surface area contributed by atoms with Gasteiger partial charge in [0.25, 0.3) is 0 Å². The van der Waals surface area contributed by atoms with Crippen LogP contribution in [0.4, 0.5) is 4.39 Å². The number of carbonyl (C=O) groups excluding carboxylic acids is 1. The molecule has 1 aromatic carbocycles. The minimum atomic E-state index is -0.266. The second-order valence-electron chi connectivity index (χ2n) is 5.61. The number of rotatable bonds is 4. The third kappa shape index (κ3) is 3.95. The molecule has 122 valence electrons. The topological polar surface area (TPSA) is 42.4 Å². The summed E-state index contributed by atoms with van der Waals surface area (Å²) in [5.41, 5.74) is 3.73. The number of hydrogen-bond acceptors (Lipinski definition) is 4. The minimum Gasteiger partial charge on any atom is -0.370 e.